The summed E-state index contributed by atoms with van der Waals surface area (Å²) in [6, 6.07) is 22.4. The molecule has 2 aliphatic rings. The number of methoxy groups -OCH3 is 1. The van der Waals surface area contributed by atoms with Gasteiger partial charge in [-0.3, -0.25) is 4.79 Å². The SMILES string of the molecule is COC(=O)C1=C(C)NC2=C(C(=O)c3ccccc32)[C@@H]1c1ccc(OCc2ccccc2Cl)cc1. The maximum Gasteiger partial charge on any atom is 0.336 e. The van der Waals surface area contributed by atoms with Crippen LogP contribution in [-0.2, 0) is 16.1 Å². The van der Waals surface area contributed by atoms with Crippen LogP contribution in [0.5, 0.6) is 5.75 Å². The van der Waals surface area contributed by atoms with Crippen molar-refractivity contribution in [1.82, 2.24) is 5.32 Å². The molecule has 3 aromatic rings. The molecule has 1 N–H and O–H groups in total. The highest BCUT2D eigenvalue weighted by Crippen LogP contribution is 2.46. The summed E-state index contributed by atoms with van der Waals surface area (Å²) in [4.78, 5) is 26.2. The number of benzene rings is 3. The predicted octanol–water partition coefficient (Wildman–Crippen LogP) is 5.66. The minimum absolute atomic E-state index is 0.0870. The number of esters is 1. The van der Waals surface area contributed by atoms with Crippen molar-refractivity contribution < 1.29 is 19.1 Å². The second kappa shape index (κ2) is 8.84. The third-order valence-corrected chi connectivity index (χ3v) is 6.59. The summed E-state index contributed by atoms with van der Waals surface area (Å²) in [5, 5.41) is 3.93. The minimum Gasteiger partial charge on any atom is -0.489 e. The first-order valence-electron chi connectivity index (χ1n) is 10.9. The highest BCUT2D eigenvalue weighted by atomic mass is 35.5. The molecule has 0 unspecified atom stereocenters. The summed E-state index contributed by atoms with van der Waals surface area (Å²) >= 11 is 6.22. The number of ketones is 1. The van der Waals surface area contributed by atoms with Crippen molar-refractivity contribution in [2.24, 2.45) is 0 Å². The zero-order valence-electron chi connectivity index (χ0n) is 18.7. The number of rotatable bonds is 5. The van der Waals surface area contributed by atoms with Crippen LogP contribution in [0, 0.1) is 0 Å². The molecule has 0 saturated heterocycles. The Kier molecular flexibility index (Phi) is 5.72. The molecule has 5 nitrogen and oxygen atoms in total. The van der Waals surface area contributed by atoms with E-state index in [2.05, 4.69) is 5.32 Å². The van der Waals surface area contributed by atoms with E-state index in [1.807, 2.05) is 79.7 Å². The molecule has 1 aliphatic heterocycles. The highest BCUT2D eigenvalue weighted by Gasteiger charge is 2.42. The standard InChI is InChI=1S/C28H22ClNO4/c1-16-23(28(32)33-2)24(25-26(30-16)20-8-4-5-9-21(20)27(25)31)17-11-13-19(14-12-17)34-15-18-7-3-6-10-22(18)29/h3-14,24,30H,15H2,1-2H3/t24-/m1/s1. The summed E-state index contributed by atoms with van der Waals surface area (Å²) in [5.74, 6) is -0.449. The average Bonchev–Trinajstić information content (AvgIpc) is 3.14. The third-order valence-electron chi connectivity index (χ3n) is 6.22. The van der Waals surface area contributed by atoms with E-state index in [9.17, 15) is 9.59 Å². The summed E-state index contributed by atoms with van der Waals surface area (Å²) < 4.78 is 11.0. The second-order valence-corrected chi connectivity index (χ2v) is 8.61. The first-order valence-corrected chi connectivity index (χ1v) is 11.3. The molecular formula is C28H22ClNO4. The summed E-state index contributed by atoms with van der Waals surface area (Å²) in [7, 11) is 1.35. The van der Waals surface area contributed by atoms with E-state index in [1.54, 1.807) is 0 Å². The van der Waals surface area contributed by atoms with Crippen LogP contribution < -0.4 is 10.1 Å². The van der Waals surface area contributed by atoms with Crippen LogP contribution in [-0.4, -0.2) is 18.9 Å². The number of nitrogens with one attached hydrogen (secondary N) is 1. The number of hydrogen-bond acceptors (Lipinski definition) is 5. The minimum atomic E-state index is -0.554. The van der Waals surface area contributed by atoms with Gasteiger partial charge in [0.1, 0.15) is 12.4 Å². The van der Waals surface area contributed by atoms with Crippen molar-refractivity contribution in [2.75, 3.05) is 7.11 Å². The van der Waals surface area contributed by atoms with Gasteiger partial charge in [-0.25, -0.2) is 4.79 Å². The fraction of sp³-hybridized carbons (Fsp3) is 0.143. The Morgan fingerprint density at radius 1 is 0.971 bits per heavy atom. The van der Waals surface area contributed by atoms with Gasteiger partial charge in [0.05, 0.1) is 18.4 Å². The van der Waals surface area contributed by atoms with E-state index in [1.165, 1.54) is 7.11 Å². The van der Waals surface area contributed by atoms with E-state index in [4.69, 9.17) is 21.1 Å². The average molecular weight is 472 g/mol. The van der Waals surface area contributed by atoms with Gasteiger partial charge in [-0.05, 0) is 30.7 Å². The topological polar surface area (TPSA) is 64.6 Å². The molecule has 0 radical (unpaired) electrons. The predicted molar refractivity (Wildman–Crippen MR) is 131 cm³/mol. The number of ether oxygens (including phenoxy) is 2. The van der Waals surface area contributed by atoms with Crippen LogP contribution in [0.15, 0.2) is 89.6 Å². The first kappa shape index (κ1) is 22.0. The summed E-state index contributed by atoms with van der Waals surface area (Å²) in [6.45, 7) is 2.16. The highest BCUT2D eigenvalue weighted by molar-refractivity contribution is 6.31. The van der Waals surface area contributed by atoms with Crippen LogP contribution in [0.2, 0.25) is 5.02 Å². The van der Waals surface area contributed by atoms with Crippen LogP contribution in [0.25, 0.3) is 5.70 Å². The molecule has 5 rings (SSSR count). The van der Waals surface area contributed by atoms with Crippen molar-refractivity contribution in [3.63, 3.8) is 0 Å². The van der Waals surface area contributed by atoms with Gasteiger partial charge in [-0.1, -0.05) is 66.2 Å². The summed E-state index contributed by atoms with van der Waals surface area (Å²) in [6.07, 6.45) is 0. The second-order valence-electron chi connectivity index (χ2n) is 8.20. The fourth-order valence-electron chi connectivity index (χ4n) is 4.58. The Balaban J connectivity index is 1.51. The lowest BCUT2D eigenvalue weighted by atomic mass is 9.80. The Hall–Kier alpha value is -3.83. The lowest BCUT2D eigenvalue weighted by molar-refractivity contribution is -0.136. The van der Waals surface area contributed by atoms with Crippen LogP contribution in [0.4, 0.5) is 0 Å². The van der Waals surface area contributed by atoms with E-state index in [0.717, 1.165) is 22.4 Å². The molecular weight excluding hydrogens is 450 g/mol. The van der Waals surface area contributed by atoms with Gasteiger partial charge in [0, 0.05) is 38.9 Å². The Labute approximate surface area is 202 Å². The largest absolute Gasteiger partial charge is 0.489 e. The molecule has 0 amide bonds. The molecule has 6 heteroatoms. The molecule has 1 aliphatic carbocycles. The molecule has 0 spiro atoms. The van der Waals surface area contributed by atoms with Crippen LogP contribution in [0.3, 0.4) is 0 Å². The van der Waals surface area contributed by atoms with Gasteiger partial charge in [0.15, 0.2) is 5.78 Å². The van der Waals surface area contributed by atoms with Gasteiger partial charge in [0.25, 0.3) is 0 Å². The monoisotopic (exact) mass is 471 g/mol. The van der Waals surface area contributed by atoms with Gasteiger partial charge in [0.2, 0.25) is 0 Å². The number of hydrogen-bond donors (Lipinski definition) is 1. The van der Waals surface area contributed by atoms with Crippen molar-refractivity contribution >= 4 is 29.1 Å². The molecule has 0 fully saturated rings. The smallest absolute Gasteiger partial charge is 0.336 e. The molecule has 0 aromatic heterocycles. The van der Waals surface area contributed by atoms with E-state index in [-0.39, 0.29) is 5.78 Å². The molecule has 170 valence electrons. The van der Waals surface area contributed by atoms with Crippen LogP contribution >= 0.6 is 11.6 Å². The zero-order valence-corrected chi connectivity index (χ0v) is 19.5. The Morgan fingerprint density at radius 2 is 1.65 bits per heavy atom. The number of Topliss-reactive ketones (excluding diaryl/α,β-unsaturated/α-hetero) is 1. The quantitative estimate of drug-likeness (QED) is 0.486. The van der Waals surface area contributed by atoms with E-state index < -0.39 is 11.9 Å². The van der Waals surface area contributed by atoms with Gasteiger partial charge in [-0.15, -0.1) is 0 Å². The van der Waals surface area contributed by atoms with Gasteiger partial charge < -0.3 is 14.8 Å². The van der Waals surface area contributed by atoms with Gasteiger partial charge >= 0.3 is 5.97 Å². The molecule has 0 bridgehead atoms. The number of carbonyl (C=O) groups excluding carboxylic acids is 2. The molecule has 1 heterocycles. The first-order chi connectivity index (χ1) is 16.5. The normalized spacial score (nSPS) is 16.7. The molecule has 34 heavy (non-hydrogen) atoms. The Morgan fingerprint density at radius 3 is 2.35 bits per heavy atom. The number of fused-ring (bicyclic) bond motifs is 2. The van der Waals surface area contributed by atoms with Crippen LogP contribution in [0.1, 0.15) is 39.9 Å². The Bertz CT molecular complexity index is 1370. The maximum atomic E-state index is 13.4. The van der Waals surface area contributed by atoms with Gasteiger partial charge in [-0.2, -0.15) is 0 Å². The van der Waals surface area contributed by atoms with Crippen molar-refractivity contribution in [2.45, 2.75) is 19.4 Å². The number of carbonyl (C=O) groups is 2. The number of dihydropyridines is 1. The third kappa shape index (κ3) is 3.68. The number of allylic oxidation sites excluding steroid dienone is 2. The lowest BCUT2D eigenvalue weighted by Crippen LogP contribution is -2.29. The molecule has 3 aromatic carbocycles. The van der Waals surface area contributed by atoms with E-state index in [0.29, 0.717) is 39.8 Å². The zero-order chi connectivity index (χ0) is 23.8. The molecule has 1 atom stereocenters. The lowest BCUT2D eigenvalue weighted by Gasteiger charge is -2.29. The van der Waals surface area contributed by atoms with Crippen molar-refractivity contribution in [3.05, 3.63) is 117 Å². The van der Waals surface area contributed by atoms with Crippen molar-refractivity contribution in [3.8, 4) is 5.75 Å². The molecule has 0 saturated carbocycles. The number of halogens is 1. The summed E-state index contributed by atoms with van der Waals surface area (Å²) in [5.41, 5.74) is 5.55. The van der Waals surface area contributed by atoms with E-state index >= 15 is 0 Å². The maximum absolute atomic E-state index is 13.4. The fourth-order valence-corrected chi connectivity index (χ4v) is 4.77. The van der Waals surface area contributed by atoms with Crippen molar-refractivity contribution in [1.29, 1.82) is 0 Å².